The number of methoxy groups -OCH3 is 1. The molecule has 2 aliphatic rings. The molecule has 4 heterocycles. The highest BCUT2D eigenvalue weighted by Crippen LogP contribution is 2.41. The van der Waals surface area contributed by atoms with Crippen molar-refractivity contribution in [2.24, 2.45) is 0 Å². The molecule has 2 saturated heterocycles. The number of aromatic nitrogens is 4. The lowest BCUT2D eigenvalue weighted by molar-refractivity contribution is -0.137. The van der Waals surface area contributed by atoms with Gasteiger partial charge in [-0.3, -0.25) is 14.9 Å². The Kier molecular flexibility index (Phi) is 9.99. The molecule has 0 saturated carbocycles. The summed E-state index contributed by atoms with van der Waals surface area (Å²) < 4.78 is 50.2. The first-order valence-electron chi connectivity index (χ1n) is 15.9. The van der Waals surface area contributed by atoms with E-state index in [1.165, 1.54) is 11.9 Å². The van der Waals surface area contributed by atoms with Crippen LogP contribution in [0.25, 0.3) is 11.0 Å². The second-order valence-corrected chi connectivity index (χ2v) is 13.1. The second kappa shape index (κ2) is 14.2. The van der Waals surface area contributed by atoms with E-state index in [1.54, 1.807) is 31.6 Å². The van der Waals surface area contributed by atoms with E-state index in [1.807, 2.05) is 36.7 Å². The summed E-state index contributed by atoms with van der Waals surface area (Å²) in [5.74, 6) is 0.144. The van der Waals surface area contributed by atoms with Crippen LogP contribution in [0.1, 0.15) is 24.0 Å². The summed E-state index contributed by atoms with van der Waals surface area (Å²) in [6.07, 6.45) is 3.27. The Morgan fingerprint density at radius 2 is 1.69 bits per heavy atom. The van der Waals surface area contributed by atoms with Crippen LogP contribution in [0.15, 0.2) is 42.9 Å². The minimum Gasteiger partial charge on any atom is -0.494 e. The Hall–Kier alpha value is -4.08. The molecule has 0 spiro atoms. The van der Waals surface area contributed by atoms with Gasteiger partial charge in [0.15, 0.2) is 0 Å². The van der Waals surface area contributed by atoms with Crippen molar-refractivity contribution < 1.29 is 17.9 Å². The van der Waals surface area contributed by atoms with Crippen molar-refractivity contribution in [2.45, 2.75) is 32.0 Å². The lowest BCUT2D eigenvalue weighted by Crippen LogP contribution is -2.52. The smallest absolute Gasteiger partial charge is 0.421 e. The van der Waals surface area contributed by atoms with E-state index in [2.05, 4.69) is 52.3 Å². The van der Waals surface area contributed by atoms with Gasteiger partial charge in [0.1, 0.15) is 22.6 Å². The Balaban J connectivity index is 1.25. The molecule has 0 aliphatic carbocycles. The van der Waals surface area contributed by atoms with Crippen LogP contribution >= 0.6 is 11.9 Å². The molecule has 2 aromatic heterocycles. The molecular formula is C33H41F3N10OS. The zero-order valence-corrected chi connectivity index (χ0v) is 28.6. The van der Waals surface area contributed by atoms with Gasteiger partial charge in [0.25, 0.3) is 0 Å². The molecule has 2 aliphatic heterocycles. The highest BCUT2D eigenvalue weighted by molar-refractivity contribution is 7.99. The molecule has 11 nitrogen and oxygen atoms in total. The predicted octanol–water partition coefficient (Wildman–Crippen LogP) is 6.17. The first kappa shape index (κ1) is 33.8. The number of piperazine rings is 1. The van der Waals surface area contributed by atoms with Crippen LogP contribution in [-0.4, -0.2) is 103 Å². The fourth-order valence-corrected chi connectivity index (χ4v) is 6.84. The molecule has 15 heteroatoms. The van der Waals surface area contributed by atoms with Crippen LogP contribution < -0.4 is 24.6 Å². The molecule has 2 N–H and O–H groups in total. The third kappa shape index (κ3) is 7.17. The minimum absolute atomic E-state index is 0.00991. The van der Waals surface area contributed by atoms with Crippen LogP contribution in [0.5, 0.6) is 5.75 Å². The molecule has 0 unspecified atom stereocenters. The Morgan fingerprint density at radius 1 is 0.958 bits per heavy atom. The number of benzene rings is 2. The maximum Gasteiger partial charge on any atom is 0.421 e. The minimum atomic E-state index is -4.70. The highest BCUT2D eigenvalue weighted by atomic mass is 32.2. The summed E-state index contributed by atoms with van der Waals surface area (Å²) in [7, 11) is 5.56. The third-order valence-corrected chi connectivity index (χ3v) is 9.90. The van der Waals surface area contributed by atoms with E-state index in [9.17, 15) is 13.2 Å². The number of aryl methyl sites for hydroxylation is 1. The van der Waals surface area contributed by atoms with E-state index in [4.69, 9.17) is 4.74 Å². The van der Waals surface area contributed by atoms with Crippen molar-refractivity contribution in [1.82, 2.24) is 29.7 Å². The first-order chi connectivity index (χ1) is 23.0. The number of halogens is 3. The van der Waals surface area contributed by atoms with Crippen LogP contribution in [0.4, 0.5) is 47.7 Å². The van der Waals surface area contributed by atoms with Crippen LogP contribution in [0.2, 0.25) is 0 Å². The zero-order chi connectivity index (χ0) is 34.0. The number of rotatable bonds is 9. The van der Waals surface area contributed by atoms with Gasteiger partial charge in [0.05, 0.1) is 29.7 Å². The predicted molar refractivity (Wildman–Crippen MR) is 187 cm³/mol. The maximum atomic E-state index is 14.2. The maximum absolute atomic E-state index is 14.2. The molecule has 0 atom stereocenters. The molecule has 0 amide bonds. The molecule has 256 valence electrons. The normalized spacial score (nSPS) is 16.7. The van der Waals surface area contributed by atoms with Crippen LogP contribution in [-0.2, 0) is 6.18 Å². The summed E-state index contributed by atoms with van der Waals surface area (Å²) in [6.45, 7) is 8.37. The number of nitrogens with zero attached hydrogens (tertiary/aromatic N) is 8. The molecule has 2 aromatic carbocycles. The second-order valence-electron chi connectivity index (χ2n) is 12.2. The Morgan fingerprint density at radius 3 is 2.38 bits per heavy atom. The molecule has 2 fully saturated rings. The number of alkyl halides is 3. The van der Waals surface area contributed by atoms with Gasteiger partial charge in [-0.2, -0.15) is 18.2 Å². The third-order valence-electron chi connectivity index (χ3n) is 9.17. The van der Waals surface area contributed by atoms with Gasteiger partial charge in [0.2, 0.25) is 5.95 Å². The molecular weight excluding hydrogens is 641 g/mol. The summed E-state index contributed by atoms with van der Waals surface area (Å²) in [5.41, 5.74) is 3.79. The molecule has 48 heavy (non-hydrogen) atoms. The quantitative estimate of drug-likeness (QED) is 0.198. The van der Waals surface area contributed by atoms with Gasteiger partial charge in [-0.05, 0) is 50.6 Å². The topological polar surface area (TPSA) is 97.8 Å². The summed E-state index contributed by atoms with van der Waals surface area (Å²) in [6, 6.07) is 7.89. The SMILES string of the molecule is COc1cc(N2CCC(N3CCN(C)CC3)CC2)c(C)cc1Nc1ncc(C(F)(F)F)c(Nc2ccc3nccnc3c2N(C)SC)n1. The number of nitrogens with one attached hydrogen (secondary N) is 2. The molecule has 6 rings (SSSR count). The average Bonchev–Trinajstić information content (AvgIpc) is 3.08. The van der Waals surface area contributed by atoms with Gasteiger partial charge < -0.3 is 29.5 Å². The number of fused-ring (bicyclic) bond motifs is 1. The highest BCUT2D eigenvalue weighted by Gasteiger charge is 2.36. The van der Waals surface area contributed by atoms with Crippen molar-refractivity contribution in [3.8, 4) is 5.75 Å². The van der Waals surface area contributed by atoms with E-state index < -0.39 is 17.6 Å². The van der Waals surface area contributed by atoms with E-state index in [-0.39, 0.29) is 5.95 Å². The average molecular weight is 683 g/mol. The molecule has 0 radical (unpaired) electrons. The number of ether oxygens (including phenoxy) is 1. The van der Waals surface area contributed by atoms with Crippen molar-refractivity contribution in [3.63, 3.8) is 0 Å². The summed E-state index contributed by atoms with van der Waals surface area (Å²) >= 11 is 1.39. The van der Waals surface area contributed by atoms with Crippen LogP contribution in [0.3, 0.4) is 0 Å². The lowest BCUT2D eigenvalue weighted by atomic mass is 10.0. The molecule has 0 bridgehead atoms. The van der Waals surface area contributed by atoms with E-state index in [0.717, 1.165) is 69.6 Å². The van der Waals surface area contributed by atoms with Gasteiger partial charge in [0, 0.05) is 89.0 Å². The number of hydrogen-bond donors (Lipinski definition) is 2. The van der Waals surface area contributed by atoms with Crippen molar-refractivity contribution in [3.05, 3.63) is 54.0 Å². The van der Waals surface area contributed by atoms with Gasteiger partial charge in [-0.1, -0.05) is 11.9 Å². The van der Waals surface area contributed by atoms with Crippen molar-refractivity contribution >= 4 is 57.5 Å². The van der Waals surface area contributed by atoms with E-state index >= 15 is 0 Å². The Bertz CT molecular complexity index is 1740. The number of hydrogen-bond acceptors (Lipinski definition) is 12. The first-order valence-corrected chi connectivity index (χ1v) is 17.1. The van der Waals surface area contributed by atoms with Crippen molar-refractivity contribution in [2.75, 3.05) is 86.6 Å². The largest absolute Gasteiger partial charge is 0.494 e. The monoisotopic (exact) mass is 682 g/mol. The number of likely N-dealkylation sites (N-methyl/N-ethyl adjacent to an activating group) is 1. The van der Waals surface area contributed by atoms with E-state index in [0.29, 0.717) is 39.9 Å². The fourth-order valence-electron chi connectivity index (χ4n) is 6.47. The van der Waals surface area contributed by atoms with Gasteiger partial charge in [-0.15, -0.1) is 0 Å². The zero-order valence-electron chi connectivity index (χ0n) is 27.8. The van der Waals surface area contributed by atoms with Gasteiger partial charge >= 0.3 is 6.18 Å². The number of piperidine rings is 1. The standard InChI is InChI=1S/C33H41F3N10OS/c1-21-18-26(28(47-4)19-27(21)46-12-8-22(9-13-46)45-16-14-43(2)15-17-45)41-32-39-20-23(33(34,35)36)31(42-32)40-25-7-6-24-29(38-11-10-37-24)30(25)44(3)48-5/h6-7,10-11,18-20,22H,8-9,12-17H2,1-5H3,(H2,39,40,41,42). The summed E-state index contributed by atoms with van der Waals surface area (Å²) in [4.78, 5) is 24.6. The van der Waals surface area contributed by atoms with Crippen LogP contribution in [0, 0.1) is 6.92 Å². The fraction of sp³-hybridized carbons (Fsp3) is 0.455. The van der Waals surface area contributed by atoms with Gasteiger partial charge in [-0.25, -0.2) is 4.98 Å². The Labute approximate surface area is 283 Å². The number of anilines is 6. The lowest BCUT2D eigenvalue weighted by Gasteiger charge is -2.43. The molecule has 4 aromatic rings. The van der Waals surface area contributed by atoms with Crippen molar-refractivity contribution in [1.29, 1.82) is 0 Å². The summed E-state index contributed by atoms with van der Waals surface area (Å²) in [5, 5.41) is 6.04.